The van der Waals surface area contributed by atoms with E-state index in [1.54, 1.807) is 18.7 Å². The number of benzene rings is 1. The zero-order chi connectivity index (χ0) is 22.8. The van der Waals surface area contributed by atoms with Gasteiger partial charge in [-0.05, 0) is 44.2 Å². The molecule has 1 amide bonds. The van der Waals surface area contributed by atoms with Crippen LogP contribution in [0, 0.1) is 12.7 Å². The summed E-state index contributed by atoms with van der Waals surface area (Å²) in [6, 6.07) is 4.47. The Hall–Kier alpha value is -1.51. The maximum Gasteiger partial charge on any atom is 0.252 e. The number of anilines is 1. The fraction of sp³-hybridized carbons (Fsp3) is 0.389. The summed E-state index contributed by atoms with van der Waals surface area (Å²) in [5, 5.41) is 2.59. The van der Waals surface area contributed by atoms with Gasteiger partial charge in [0.2, 0.25) is 15.9 Å². The Kier molecular flexibility index (Phi) is 7.43. The van der Waals surface area contributed by atoms with Crippen LogP contribution in [-0.2, 0) is 24.8 Å². The molecule has 13 heteroatoms. The molecule has 1 atom stereocenters. The van der Waals surface area contributed by atoms with E-state index in [1.807, 2.05) is 0 Å². The fourth-order valence-electron chi connectivity index (χ4n) is 2.83. The van der Waals surface area contributed by atoms with Crippen molar-refractivity contribution in [1.82, 2.24) is 9.03 Å². The van der Waals surface area contributed by atoms with E-state index in [9.17, 15) is 26.0 Å². The molecule has 2 heterocycles. The Balaban J connectivity index is 1.71. The molecule has 2 N–H and O–H groups in total. The van der Waals surface area contributed by atoms with Gasteiger partial charge in [-0.25, -0.2) is 21.2 Å². The van der Waals surface area contributed by atoms with Gasteiger partial charge in [0, 0.05) is 29.5 Å². The van der Waals surface area contributed by atoms with Gasteiger partial charge in [-0.3, -0.25) is 4.79 Å². The normalized spacial score (nSPS) is 16.7. The van der Waals surface area contributed by atoms with E-state index in [2.05, 4.69) is 10.0 Å². The first kappa shape index (κ1) is 24.1. The van der Waals surface area contributed by atoms with Gasteiger partial charge in [0.25, 0.3) is 10.0 Å². The van der Waals surface area contributed by atoms with Crippen LogP contribution in [0.3, 0.4) is 0 Å². The van der Waals surface area contributed by atoms with E-state index in [0.29, 0.717) is 23.7 Å². The molecular weight excluding hydrogens is 485 g/mol. The molecule has 31 heavy (non-hydrogen) atoms. The van der Waals surface area contributed by atoms with Crippen LogP contribution in [0.4, 0.5) is 10.1 Å². The van der Waals surface area contributed by atoms with Crippen LogP contribution < -0.4 is 10.0 Å². The number of thioether (sulfide) groups is 1. The van der Waals surface area contributed by atoms with Gasteiger partial charge >= 0.3 is 0 Å². The second-order valence-corrected chi connectivity index (χ2v) is 13.2. The molecule has 1 aromatic carbocycles. The van der Waals surface area contributed by atoms with Gasteiger partial charge in [-0.1, -0.05) is 0 Å². The molecule has 0 unspecified atom stereocenters. The van der Waals surface area contributed by atoms with Crippen molar-refractivity contribution in [2.45, 2.75) is 29.0 Å². The SMILES string of the molecule is Cc1sc(S(=O)(=O)N2CCSCC2)cc1NC(=O)[C@H](C)NS(=O)(=O)c1ccc(F)cc1. The number of sulfonamides is 2. The van der Waals surface area contributed by atoms with Crippen molar-refractivity contribution in [3.05, 3.63) is 41.0 Å². The molecule has 0 spiro atoms. The van der Waals surface area contributed by atoms with Crippen molar-refractivity contribution in [3.8, 4) is 0 Å². The largest absolute Gasteiger partial charge is 0.324 e. The predicted molar refractivity (Wildman–Crippen MR) is 120 cm³/mol. The Morgan fingerprint density at radius 3 is 2.35 bits per heavy atom. The summed E-state index contributed by atoms with van der Waals surface area (Å²) in [4.78, 5) is 12.9. The summed E-state index contributed by atoms with van der Waals surface area (Å²) in [5.74, 6) is 0.245. The lowest BCUT2D eigenvalue weighted by atomic mass is 10.3. The zero-order valence-corrected chi connectivity index (χ0v) is 20.1. The van der Waals surface area contributed by atoms with E-state index in [-0.39, 0.29) is 9.10 Å². The highest BCUT2D eigenvalue weighted by Crippen LogP contribution is 2.32. The van der Waals surface area contributed by atoms with Crippen molar-refractivity contribution in [1.29, 1.82) is 0 Å². The Morgan fingerprint density at radius 1 is 1.13 bits per heavy atom. The molecule has 1 aliphatic heterocycles. The Morgan fingerprint density at radius 2 is 1.74 bits per heavy atom. The Bertz CT molecular complexity index is 1160. The summed E-state index contributed by atoms with van der Waals surface area (Å²) < 4.78 is 67.3. The van der Waals surface area contributed by atoms with Crippen LogP contribution in [0.15, 0.2) is 39.4 Å². The van der Waals surface area contributed by atoms with Crippen LogP contribution >= 0.6 is 23.1 Å². The lowest BCUT2D eigenvalue weighted by molar-refractivity contribution is -0.117. The van der Waals surface area contributed by atoms with Gasteiger partial charge in [0.05, 0.1) is 16.6 Å². The Labute approximate surface area is 189 Å². The monoisotopic (exact) mass is 507 g/mol. The highest BCUT2D eigenvalue weighted by molar-refractivity contribution is 7.99. The summed E-state index contributed by atoms with van der Waals surface area (Å²) in [5.41, 5.74) is 0.313. The second-order valence-electron chi connectivity index (χ2n) is 6.84. The van der Waals surface area contributed by atoms with Gasteiger partial charge in [-0.2, -0.15) is 20.8 Å². The number of rotatable bonds is 7. The molecule has 1 aromatic heterocycles. The molecule has 1 aliphatic rings. The summed E-state index contributed by atoms with van der Waals surface area (Å²) in [6.07, 6.45) is 0. The second kappa shape index (κ2) is 9.55. The van der Waals surface area contributed by atoms with Crippen molar-refractivity contribution in [2.75, 3.05) is 29.9 Å². The molecule has 1 saturated heterocycles. The van der Waals surface area contributed by atoms with E-state index < -0.39 is 37.8 Å². The number of halogens is 1. The number of nitrogens with one attached hydrogen (secondary N) is 2. The third kappa shape index (κ3) is 5.65. The first-order valence-electron chi connectivity index (χ1n) is 9.28. The number of aryl methyl sites for hydroxylation is 1. The van der Waals surface area contributed by atoms with Gasteiger partial charge in [-0.15, -0.1) is 11.3 Å². The number of carbonyl (C=O) groups is 1. The lowest BCUT2D eigenvalue weighted by Gasteiger charge is -2.24. The highest BCUT2D eigenvalue weighted by Gasteiger charge is 2.29. The number of carbonyl (C=O) groups excluding carboxylic acids is 1. The average molecular weight is 508 g/mol. The summed E-state index contributed by atoms with van der Waals surface area (Å²) in [7, 11) is -7.68. The number of nitrogens with zero attached hydrogens (tertiary/aromatic N) is 1. The zero-order valence-electron chi connectivity index (χ0n) is 16.8. The number of amides is 1. The predicted octanol–water partition coefficient (Wildman–Crippen LogP) is 2.24. The van der Waals surface area contributed by atoms with Crippen molar-refractivity contribution >= 4 is 54.7 Å². The van der Waals surface area contributed by atoms with E-state index in [4.69, 9.17) is 0 Å². The molecule has 0 radical (unpaired) electrons. The number of thiophene rings is 1. The minimum atomic E-state index is -4.04. The number of hydrogen-bond acceptors (Lipinski definition) is 7. The molecule has 0 saturated carbocycles. The third-order valence-electron chi connectivity index (χ3n) is 4.57. The molecule has 3 rings (SSSR count). The van der Waals surface area contributed by atoms with Crippen LogP contribution in [0.2, 0.25) is 0 Å². The van der Waals surface area contributed by atoms with Crippen LogP contribution in [-0.4, -0.2) is 57.7 Å². The van der Waals surface area contributed by atoms with Gasteiger partial charge in [0.1, 0.15) is 10.0 Å². The molecule has 0 bridgehead atoms. The number of hydrogen-bond donors (Lipinski definition) is 2. The lowest BCUT2D eigenvalue weighted by Crippen LogP contribution is -2.41. The fourth-order valence-corrected chi connectivity index (χ4v) is 8.16. The third-order valence-corrected chi connectivity index (χ3v) is 10.5. The highest BCUT2D eigenvalue weighted by atomic mass is 32.2. The smallest absolute Gasteiger partial charge is 0.252 e. The molecule has 170 valence electrons. The van der Waals surface area contributed by atoms with Crippen LogP contribution in [0.25, 0.3) is 0 Å². The van der Waals surface area contributed by atoms with Crippen molar-refractivity contribution in [3.63, 3.8) is 0 Å². The summed E-state index contributed by atoms with van der Waals surface area (Å²) >= 11 is 2.75. The first-order valence-corrected chi connectivity index (χ1v) is 14.2. The maximum absolute atomic E-state index is 13.0. The van der Waals surface area contributed by atoms with Crippen LogP contribution in [0.1, 0.15) is 11.8 Å². The van der Waals surface area contributed by atoms with Crippen molar-refractivity contribution < 1.29 is 26.0 Å². The van der Waals surface area contributed by atoms with Crippen molar-refractivity contribution in [2.24, 2.45) is 0 Å². The first-order chi connectivity index (χ1) is 14.5. The minimum Gasteiger partial charge on any atom is -0.324 e. The van der Waals surface area contributed by atoms with Gasteiger partial charge < -0.3 is 5.32 Å². The topological polar surface area (TPSA) is 113 Å². The quantitative estimate of drug-likeness (QED) is 0.594. The molecule has 2 aromatic rings. The molecular formula is C18H22FN3O5S4. The van der Waals surface area contributed by atoms with Gasteiger partial charge in [0.15, 0.2) is 0 Å². The molecule has 0 aliphatic carbocycles. The van der Waals surface area contributed by atoms with Crippen LogP contribution in [0.5, 0.6) is 0 Å². The molecule has 1 fully saturated rings. The summed E-state index contributed by atoms with van der Waals surface area (Å²) in [6.45, 7) is 3.92. The average Bonchev–Trinajstić information content (AvgIpc) is 3.09. The van der Waals surface area contributed by atoms with E-state index in [1.165, 1.54) is 17.3 Å². The maximum atomic E-state index is 13.0. The standard InChI is InChI=1S/C18H22FN3O5S4/c1-12(21-30(24,25)15-5-3-14(19)4-6-15)18(23)20-16-11-17(29-13(16)2)31(26,27)22-7-9-28-10-8-22/h3-6,11-12,21H,7-10H2,1-2H3,(H,20,23)/t12-/m0/s1. The molecule has 8 nitrogen and oxygen atoms in total. The van der Waals surface area contributed by atoms with E-state index >= 15 is 0 Å². The minimum absolute atomic E-state index is 0.131. The van der Waals surface area contributed by atoms with E-state index in [0.717, 1.165) is 47.1 Å².